The van der Waals surface area contributed by atoms with Crippen molar-refractivity contribution in [3.8, 4) is 0 Å². The van der Waals surface area contributed by atoms with Crippen molar-refractivity contribution in [3.63, 3.8) is 0 Å². The first-order valence-electron chi connectivity index (χ1n) is 8.45. The molecule has 0 unspecified atom stereocenters. The molecule has 2 aromatic heterocycles. The summed E-state index contributed by atoms with van der Waals surface area (Å²) in [5.41, 5.74) is 5.33. The second kappa shape index (κ2) is 6.78. The lowest BCUT2D eigenvalue weighted by molar-refractivity contribution is -0.144. The maximum atomic E-state index is 12.3. The normalized spacial score (nSPS) is 11.1. The van der Waals surface area contributed by atoms with Crippen LogP contribution in [-0.4, -0.2) is 15.7 Å². The third kappa shape index (κ3) is 3.27. The Labute approximate surface area is 151 Å². The Balaban J connectivity index is 1.82. The summed E-state index contributed by atoms with van der Waals surface area (Å²) < 4.78 is 12.5. The van der Waals surface area contributed by atoms with Crippen LogP contribution < -0.4 is 5.63 Å². The van der Waals surface area contributed by atoms with E-state index in [1.807, 2.05) is 46.9 Å². The molecule has 0 saturated heterocycles. The van der Waals surface area contributed by atoms with Crippen molar-refractivity contribution in [2.75, 3.05) is 0 Å². The van der Waals surface area contributed by atoms with Crippen molar-refractivity contribution >= 4 is 16.9 Å². The smallest absolute Gasteiger partial charge is 0.336 e. The van der Waals surface area contributed by atoms with E-state index in [4.69, 9.17) is 9.15 Å². The molecule has 0 saturated carbocycles. The summed E-state index contributed by atoms with van der Waals surface area (Å²) in [4.78, 5) is 24.2. The minimum Gasteiger partial charge on any atom is -0.461 e. The highest BCUT2D eigenvalue weighted by Crippen LogP contribution is 2.24. The number of hydrogen-bond acceptors (Lipinski definition) is 5. The summed E-state index contributed by atoms with van der Waals surface area (Å²) in [5.74, 6) is -0.352. The highest BCUT2D eigenvalue weighted by atomic mass is 16.5. The molecule has 6 nitrogen and oxygen atoms in total. The SMILES string of the molecule is Cc1ccc2c(COC(=O)Cc3c(C)nn(C)c3C)cc(=O)oc2c1C. The van der Waals surface area contributed by atoms with Crippen molar-refractivity contribution < 1.29 is 13.9 Å². The molecule has 3 aromatic rings. The molecule has 3 rings (SSSR count). The van der Waals surface area contributed by atoms with Gasteiger partial charge in [-0.15, -0.1) is 0 Å². The Morgan fingerprint density at radius 1 is 1.23 bits per heavy atom. The van der Waals surface area contributed by atoms with Gasteiger partial charge in [-0.25, -0.2) is 4.79 Å². The average molecular weight is 354 g/mol. The van der Waals surface area contributed by atoms with E-state index in [2.05, 4.69) is 5.10 Å². The molecule has 0 fully saturated rings. The fourth-order valence-electron chi connectivity index (χ4n) is 3.07. The largest absolute Gasteiger partial charge is 0.461 e. The lowest BCUT2D eigenvalue weighted by atomic mass is 10.0. The van der Waals surface area contributed by atoms with Gasteiger partial charge in [0.1, 0.15) is 12.2 Å². The molecule has 6 heteroatoms. The summed E-state index contributed by atoms with van der Waals surface area (Å²) in [5, 5.41) is 5.09. The summed E-state index contributed by atoms with van der Waals surface area (Å²) in [6, 6.07) is 5.23. The van der Waals surface area contributed by atoms with Crippen LogP contribution in [0.3, 0.4) is 0 Å². The van der Waals surface area contributed by atoms with E-state index in [1.54, 1.807) is 4.68 Å². The second-order valence-electron chi connectivity index (χ2n) is 6.59. The molecule has 0 radical (unpaired) electrons. The van der Waals surface area contributed by atoms with Crippen molar-refractivity contribution in [2.24, 2.45) is 7.05 Å². The number of rotatable bonds is 4. The molecule has 0 N–H and O–H groups in total. The first-order valence-corrected chi connectivity index (χ1v) is 8.45. The standard InChI is InChI=1S/C20H22N2O4/c1-11-6-7-16-15(8-19(24)26-20(16)12(11)2)10-25-18(23)9-17-13(3)21-22(5)14(17)4/h6-8H,9-10H2,1-5H3. The fourth-order valence-corrected chi connectivity index (χ4v) is 3.07. The molecule has 26 heavy (non-hydrogen) atoms. The Kier molecular flexibility index (Phi) is 4.68. The molecule has 1 aromatic carbocycles. The van der Waals surface area contributed by atoms with Gasteiger partial charge in [-0.05, 0) is 38.8 Å². The number of benzene rings is 1. The fraction of sp³-hybridized carbons (Fsp3) is 0.350. The van der Waals surface area contributed by atoms with Gasteiger partial charge < -0.3 is 9.15 Å². The van der Waals surface area contributed by atoms with Gasteiger partial charge in [0.2, 0.25) is 0 Å². The van der Waals surface area contributed by atoms with E-state index in [0.717, 1.165) is 33.5 Å². The lowest BCUT2D eigenvalue weighted by Crippen LogP contribution is -2.11. The number of ether oxygens (including phenoxy) is 1. The molecule has 0 bridgehead atoms. The minimum atomic E-state index is -0.448. The third-order valence-corrected chi connectivity index (χ3v) is 4.89. The van der Waals surface area contributed by atoms with Crippen LogP contribution in [0.4, 0.5) is 0 Å². The molecular formula is C20H22N2O4. The summed E-state index contributed by atoms with van der Waals surface area (Å²) >= 11 is 0. The second-order valence-corrected chi connectivity index (χ2v) is 6.59. The van der Waals surface area contributed by atoms with Gasteiger partial charge in [-0.3, -0.25) is 9.48 Å². The number of fused-ring (bicyclic) bond motifs is 1. The van der Waals surface area contributed by atoms with Crippen molar-refractivity contribution in [2.45, 2.75) is 40.7 Å². The lowest BCUT2D eigenvalue weighted by Gasteiger charge is -2.10. The van der Waals surface area contributed by atoms with Crippen molar-refractivity contribution in [1.82, 2.24) is 9.78 Å². The van der Waals surface area contributed by atoms with Crippen molar-refractivity contribution in [3.05, 3.63) is 62.3 Å². The van der Waals surface area contributed by atoms with Crippen LogP contribution in [0.5, 0.6) is 0 Å². The van der Waals surface area contributed by atoms with Gasteiger partial charge in [-0.2, -0.15) is 5.10 Å². The van der Waals surface area contributed by atoms with Crippen molar-refractivity contribution in [1.29, 1.82) is 0 Å². The molecule has 0 atom stereocenters. The van der Waals surface area contributed by atoms with E-state index in [0.29, 0.717) is 11.1 Å². The summed E-state index contributed by atoms with van der Waals surface area (Å²) in [6.07, 6.45) is 0.156. The van der Waals surface area contributed by atoms with E-state index < -0.39 is 5.63 Å². The number of aryl methyl sites for hydroxylation is 4. The quantitative estimate of drug-likeness (QED) is 0.532. The van der Waals surface area contributed by atoms with E-state index in [-0.39, 0.29) is 19.0 Å². The number of nitrogens with zero attached hydrogens (tertiary/aromatic N) is 2. The van der Waals surface area contributed by atoms with E-state index in [1.165, 1.54) is 6.07 Å². The number of carbonyl (C=O) groups excluding carboxylic acids is 1. The minimum absolute atomic E-state index is 0.0296. The molecule has 0 aliphatic carbocycles. The molecule has 0 aliphatic heterocycles. The third-order valence-electron chi connectivity index (χ3n) is 4.89. The first-order chi connectivity index (χ1) is 12.3. The molecular weight excluding hydrogens is 332 g/mol. The van der Waals surface area contributed by atoms with Crippen LogP contribution in [0, 0.1) is 27.7 Å². The van der Waals surface area contributed by atoms with Crippen LogP contribution >= 0.6 is 0 Å². The number of aromatic nitrogens is 2. The van der Waals surface area contributed by atoms with Crippen LogP contribution in [0.1, 0.15) is 33.6 Å². The van der Waals surface area contributed by atoms with E-state index in [9.17, 15) is 9.59 Å². The molecule has 0 spiro atoms. The Hall–Kier alpha value is -2.89. The zero-order chi connectivity index (χ0) is 19.0. The van der Waals surface area contributed by atoms with Gasteiger partial charge in [0.25, 0.3) is 0 Å². The van der Waals surface area contributed by atoms with E-state index >= 15 is 0 Å². The summed E-state index contributed by atoms with van der Waals surface area (Å²) in [6.45, 7) is 7.69. The Morgan fingerprint density at radius 3 is 2.62 bits per heavy atom. The molecule has 0 amide bonds. The first kappa shape index (κ1) is 17.9. The van der Waals surface area contributed by atoms with Gasteiger partial charge in [0.15, 0.2) is 0 Å². The van der Waals surface area contributed by atoms with Gasteiger partial charge in [0, 0.05) is 35.3 Å². The number of esters is 1. The van der Waals surface area contributed by atoms with Gasteiger partial charge in [-0.1, -0.05) is 12.1 Å². The predicted octanol–water partition coefficient (Wildman–Crippen LogP) is 3.05. The van der Waals surface area contributed by atoms with Crippen LogP contribution in [0.15, 0.2) is 27.4 Å². The van der Waals surface area contributed by atoms with Gasteiger partial charge >= 0.3 is 11.6 Å². The highest BCUT2D eigenvalue weighted by molar-refractivity contribution is 5.84. The summed E-state index contributed by atoms with van der Waals surface area (Å²) in [7, 11) is 1.84. The zero-order valence-corrected chi connectivity index (χ0v) is 15.7. The van der Waals surface area contributed by atoms with Crippen LogP contribution in [0.25, 0.3) is 11.0 Å². The van der Waals surface area contributed by atoms with Crippen LogP contribution in [0.2, 0.25) is 0 Å². The number of carbonyl (C=O) groups is 1. The Morgan fingerprint density at radius 2 is 1.96 bits per heavy atom. The molecule has 2 heterocycles. The predicted molar refractivity (Wildman–Crippen MR) is 98.1 cm³/mol. The topological polar surface area (TPSA) is 74.3 Å². The average Bonchev–Trinajstić information content (AvgIpc) is 2.82. The monoisotopic (exact) mass is 354 g/mol. The maximum absolute atomic E-state index is 12.3. The number of hydrogen-bond donors (Lipinski definition) is 0. The molecule has 0 aliphatic rings. The molecule has 136 valence electrons. The van der Waals surface area contributed by atoms with Gasteiger partial charge in [0.05, 0.1) is 12.1 Å². The highest BCUT2D eigenvalue weighted by Gasteiger charge is 2.16. The zero-order valence-electron chi connectivity index (χ0n) is 15.7. The van der Waals surface area contributed by atoms with Crippen LogP contribution in [-0.2, 0) is 29.6 Å². The maximum Gasteiger partial charge on any atom is 0.336 e. The Bertz CT molecular complexity index is 1060.